The Hall–Kier alpha value is -2.75. The van der Waals surface area contributed by atoms with Gasteiger partial charge in [0.15, 0.2) is 0 Å². The van der Waals surface area contributed by atoms with Crippen LogP contribution in [0.3, 0.4) is 0 Å². The molecule has 1 atom stereocenters. The summed E-state index contributed by atoms with van der Waals surface area (Å²) in [5.41, 5.74) is 3.43. The SMILES string of the molecule is C=CCNC(=O)C[C@@H]1COc2cc(C)ccc2N1Cc1ccccc1. The predicted molar refractivity (Wildman–Crippen MR) is 101 cm³/mol. The van der Waals surface area contributed by atoms with E-state index in [1.54, 1.807) is 6.08 Å². The van der Waals surface area contributed by atoms with Gasteiger partial charge >= 0.3 is 0 Å². The number of carbonyl (C=O) groups is 1. The average molecular weight is 336 g/mol. The molecule has 130 valence electrons. The number of hydrogen-bond acceptors (Lipinski definition) is 3. The zero-order valence-electron chi connectivity index (χ0n) is 14.6. The van der Waals surface area contributed by atoms with Gasteiger partial charge in [0.05, 0.1) is 18.2 Å². The van der Waals surface area contributed by atoms with Gasteiger partial charge in [-0.05, 0) is 30.2 Å². The zero-order valence-corrected chi connectivity index (χ0v) is 14.6. The molecule has 1 N–H and O–H groups in total. The number of fused-ring (bicyclic) bond motifs is 1. The Morgan fingerprint density at radius 3 is 2.88 bits per heavy atom. The van der Waals surface area contributed by atoms with Gasteiger partial charge in [0.1, 0.15) is 12.4 Å². The molecule has 0 saturated carbocycles. The highest BCUT2D eigenvalue weighted by molar-refractivity contribution is 5.78. The minimum atomic E-state index is 0.000211. The first-order chi connectivity index (χ1) is 12.2. The van der Waals surface area contributed by atoms with Crippen LogP contribution in [0.25, 0.3) is 0 Å². The van der Waals surface area contributed by atoms with Crippen molar-refractivity contribution in [1.29, 1.82) is 0 Å². The molecule has 0 saturated heterocycles. The lowest BCUT2D eigenvalue weighted by Crippen LogP contribution is -2.45. The van der Waals surface area contributed by atoms with Crippen molar-refractivity contribution in [3.8, 4) is 5.75 Å². The molecular weight excluding hydrogens is 312 g/mol. The van der Waals surface area contributed by atoms with E-state index in [2.05, 4.69) is 54.1 Å². The second-order valence-electron chi connectivity index (χ2n) is 6.35. The van der Waals surface area contributed by atoms with Crippen molar-refractivity contribution in [2.75, 3.05) is 18.1 Å². The Balaban J connectivity index is 1.85. The Kier molecular flexibility index (Phi) is 5.39. The number of ether oxygens (including phenoxy) is 1. The fourth-order valence-electron chi connectivity index (χ4n) is 3.08. The van der Waals surface area contributed by atoms with Crippen molar-refractivity contribution >= 4 is 11.6 Å². The lowest BCUT2D eigenvalue weighted by atomic mass is 10.1. The molecule has 3 rings (SSSR count). The smallest absolute Gasteiger partial charge is 0.222 e. The Morgan fingerprint density at radius 2 is 2.12 bits per heavy atom. The summed E-state index contributed by atoms with van der Waals surface area (Å²) in [5, 5.41) is 2.86. The molecule has 0 unspecified atom stereocenters. The van der Waals surface area contributed by atoms with Gasteiger partial charge in [0.25, 0.3) is 0 Å². The molecule has 0 fully saturated rings. The third kappa shape index (κ3) is 4.21. The molecule has 1 aliphatic heterocycles. The van der Waals surface area contributed by atoms with Gasteiger partial charge in [0.2, 0.25) is 5.91 Å². The first-order valence-corrected chi connectivity index (χ1v) is 8.59. The number of rotatable bonds is 6. The summed E-state index contributed by atoms with van der Waals surface area (Å²) >= 11 is 0. The van der Waals surface area contributed by atoms with E-state index < -0.39 is 0 Å². The normalized spacial score (nSPS) is 15.9. The first-order valence-electron chi connectivity index (χ1n) is 8.59. The van der Waals surface area contributed by atoms with Crippen LogP contribution in [0.4, 0.5) is 5.69 Å². The Morgan fingerprint density at radius 1 is 1.32 bits per heavy atom. The molecule has 0 bridgehead atoms. The molecule has 4 nitrogen and oxygen atoms in total. The second-order valence-corrected chi connectivity index (χ2v) is 6.35. The van der Waals surface area contributed by atoms with Crippen molar-refractivity contribution < 1.29 is 9.53 Å². The van der Waals surface area contributed by atoms with Crippen molar-refractivity contribution in [2.45, 2.75) is 25.9 Å². The summed E-state index contributed by atoms with van der Waals surface area (Å²) in [6.07, 6.45) is 2.09. The summed E-state index contributed by atoms with van der Waals surface area (Å²) in [4.78, 5) is 14.5. The van der Waals surface area contributed by atoms with Crippen LogP contribution >= 0.6 is 0 Å². The maximum Gasteiger partial charge on any atom is 0.222 e. The first kappa shape index (κ1) is 17.1. The van der Waals surface area contributed by atoms with E-state index in [4.69, 9.17) is 4.74 Å². The molecular formula is C21H24N2O2. The molecule has 0 aromatic heterocycles. The van der Waals surface area contributed by atoms with Crippen molar-refractivity contribution in [2.24, 2.45) is 0 Å². The summed E-state index contributed by atoms with van der Waals surface area (Å²) in [7, 11) is 0. The third-order valence-corrected chi connectivity index (χ3v) is 4.36. The molecule has 0 spiro atoms. The number of nitrogens with one attached hydrogen (secondary N) is 1. The number of anilines is 1. The van der Waals surface area contributed by atoms with Gasteiger partial charge < -0.3 is 15.0 Å². The molecule has 2 aromatic rings. The highest BCUT2D eigenvalue weighted by Gasteiger charge is 2.29. The molecule has 2 aromatic carbocycles. The third-order valence-electron chi connectivity index (χ3n) is 4.36. The number of amides is 1. The van der Waals surface area contributed by atoms with E-state index in [1.165, 1.54) is 11.1 Å². The number of carbonyl (C=O) groups excluding carboxylic acids is 1. The minimum Gasteiger partial charge on any atom is -0.489 e. The van der Waals surface area contributed by atoms with Crippen LogP contribution in [0, 0.1) is 6.92 Å². The fraction of sp³-hybridized carbons (Fsp3) is 0.286. The van der Waals surface area contributed by atoms with Crippen molar-refractivity contribution in [1.82, 2.24) is 5.32 Å². The van der Waals surface area contributed by atoms with Crippen molar-refractivity contribution in [3.05, 3.63) is 72.3 Å². The summed E-state index contributed by atoms with van der Waals surface area (Å²) < 4.78 is 5.95. The van der Waals surface area contributed by atoms with Gasteiger partial charge in [-0.25, -0.2) is 0 Å². The van der Waals surface area contributed by atoms with Crippen LogP contribution in [-0.4, -0.2) is 25.1 Å². The largest absolute Gasteiger partial charge is 0.489 e. The molecule has 1 heterocycles. The van der Waals surface area contributed by atoms with Crippen LogP contribution in [0.15, 0.2) is 61.2 Å². The van der Waals surface area contributed by atoms with Crippen LogP contribution in [0.5, 0.6) is 5.75 Å². The van der Waals surface area contributed by atoms with E-state index in [-0.39, 0.29) is 11.9 Å². The van der Waals surface area contributed by atoms with Crippen LogP contribution in [0.1, 0.15) is 17.5 Å². The second kappa shape index (κ2) is 7.88. The van der Waals surface area contributed by atoms with Crippen LogP contribution in [0.2, 0.25) is 0 Å². The van der Waals surface area contributed by atoms with Gasteiger partial charge in [-0.3, -0.25) is 4.79 Å². The molecule has 0 aliphatic carbocycles. The minimum absolute atomic E-state index is 0.000211. The lowest BCUT2D eigenvalue weighted by Gasteiger charge is -2.38. The Labute approximate surface area is 149 Å². The number of benzene rings is 2. The standard InChI is InChI=1S/C21H24N2O2/c1-3-11-22-21(24)13-18-15-25-20-12-16(2)9-10-19(20)23(18)14-17-7-5-4-6-8-17/h3-10,12,18H,1,11,13-15H2,2H3,(H,22,24)/t18-/m1/s1. The van der Waals surface area contributed by atoms with Gasteiger partial charge in [-0.2, -0.15) is 0 Å². The van der Waals surface area contributed by atoms with Crippen molar-refractivity contribution in [3.63, 3.8) is 0 Å². The van der Waals surface area contributed by atoms with E-state index >= 15 is 0 Å². The molecule has 4 heteroatoms. The highest BCUT2D eigenvalue weighted by atomic mass is 16.5. The Bertz CT molecular complexity index is 743. The molecule has 0 radical (unpaired) electrons. The van der Waals surface area contributed by atoms with Crippen LogP contribution in [-0.2, 0) is 11.3 Å². The van der Waals surface area contributed by atoms with E-state index in [0.29, 0.717) is 19.6 Å². The predicted octanol–water partition coefficient (Wildman–Crippen LogP) is 3.45. The number of nitrogens with zero attached hydrogens (tertiary/aromatic N) is 1. The summed E-state index contributed by atoms with van der Waals surface area (Å²) in [6, 6.07) is 16.5. The molecule has 1 aliphatic rings. The van der Waals surface area contributed by atoms with Gasteiger partial charge in [-0.15, -0.1) is 6.58 Å². The number of aryl methyl sites for hydroxylation is 1. The van der Waals surface area contributed by atoms with Gasteiger partial charge in [-0.1, -0.05) is 42.5 Å². The quantitative estimate of drug-likeness (QED) is 0.822. The summed E-state index contributed by atoms with van der Waals surface area (Å²) in [5.74, 6) is 0.904. The highest BCUT2D eigenvalue weighted by Crippen LogP contribution is 2.36. The topological polar surface area (TPSA) is 41.6 Å². The monoisotopic (exact) mass is 336 g/mol. The lowest BCUT2D eigenvalue weighted by molar-refractivity contribution is -0.121. The molecule has 1 amide bonds. The maximum atomic E-state index is 12.2. The van der Waals surface area contributed by atoms with E-state index in [1.807, 2.05) is 18.2 Å². The number of hydrogen-bond donors (Lipinski definition) is 1. The van der Waals surface area contributed by atoms with Gasteiger partial charge in [0, 0.05) is 13.1 Å². The zero-order chi connectivity index (χ0) is 17.6. The summed E-state index contributed by atoms with van der Waals surface area (Å²) in [6.45, 7) is 7.44. The van der Waals surface area contributed by atoms with E-state index in [0.717, 1.165) is 18.0 Å². The van der Waals surface area contributed by atoms with E-state index in [9.17, 15) is 4.79 Å². The average Bonchev–Trinajstić information content (AvgIpc) is 2.62. The molecule has 25 heavy (non-hydrogen) atoms. The fourth-order valence-corrected chi connectivity index (χ4v) is 3.08. The van der Waals surface area contributed by atoms with Crippen LogP contribution < -0.4 is 15.0 Å². The maximum absolute atomic E-state index is 12.2.